The number of thiazole rings is 1. The number of rotatable bonds is 3. The number of carbonyl (C=O) groups excluding carboxylic acids is 1. The minimum absolute atomic E-state index is 0.0762. The Labute approximate surface area is 122 Å². The summed E-state index contributed by atoms with van der Waals surface area (Å²) < 4.78 is 0. The first-order valence-corrected chi connectivity index (χ1v) is 7.72. The molecule has 2 heterocycles. The highest BCUT2D eigenvalue weighted by Crippen LogP contribution is 2.24. The molecule has 0 spiro atoms. The third-order valence-electron chi connectivity index (χ3n) is 3.48. The molecule has 2 N–H and O–H groups in total. The minimum atomic E-state index is 0.0762. The Morgan fingerprint density at radius 3 is 3.15 bits per heavy atom. The molecule has 0 radical (unpaired) electrons. The Bertz CT molecular complexity index is 577. The third-order valence-corrected chi connectivity index (χ3v) is 4.30. The molecule has 1 aromatic carbocycles. The van der Waals surface area contributed by atoms with Crippen LogP contribution in [-0.4, -0.2) is 24.0 Å². The van der Waals surface area contributed by atoms with Crippen LogP contribution >= 0.6 is 11.3 Å². The van der Waals surface area contributed by atoms with Crippen LogP contribution < -0.4 is 10.6 Å². The second kappa shape index (κ2) is 6.15. The van der Waals surface area contributed by atoms with Crippen LogP contribution in [0.4, 0.5) is 5.69 Å². The van der Waals surface area contributed by atoms with Crippen molar-refractivity contribution in [1.82, 2.24) is 10.3 Å². The maximum atomic E-state index is 12.2. The lowest BCUT2D eigenvalue weighted by atomic mass is 9.99. The van der Waals surface area contributed by atoms with Crippen LogP contribution in [0.25, 0.3) is 10.6 Å². The van der Waals surface area contributed by atoms with Gasteiger partial charge < -0.3 is 10.6 Å². The maximum absolute atomic E-state index is 12.2. The third kappa shape index (κ3) is 3.05. The van der Waals surface area contributed by atoms with E-state index in [1.165, 1.54) is 0 Å². The van der Waals surface area contributed by atoms with Gasteiger partial charge in [0.2, 0.25) is 5.91 Å². The summed E-state index contributed by atoms with van der Waals surface area (Å²) in [6.07, 6.45) is 3.82. The lowest BCUT2D eigenvalue weighted by Gasteiger charge is -2.21. The van der Waals surface area contributed by atoms with Crippen LogP contribution in [-0.2, 0) is 4.79 Å². The average Bonchev–Trinajstić information content (AvgIpc) is 3.03. The van der Waals surface area contributed by atoms with Crippen molar-refractivity contribution in [1.29, 1.82) is 0 Å². The highest BCUT2D eigenvalue weighted by atomic mass is 32.1. The molecule has 0 aliphatic carbocycles. The Morgan fingerprint density at radius 1 is 1.45 bits per heavy atom. The van der Waals surface area contributed by atoms with E-state index in [0.29, 0.717) is 0 Å². The Hall–Kier alpha value is -1.72. The van der Waals surface area contributed by atoms with Gasteiger partial charge in [-0.2, -0.15) is 0 Å². The standard InChI is InChI=1S/C15H17N3OS/c19-14(12-4-2-6-16-10-12)18-13-5-1-3-11(9-13)15-17-7-8-20-15/h1,3,5,7-9,12,16H,2,4,6,10H2,(H,18,19)/t12-/m1/s1. The second-order valence-corrected chi connectivity index (χ2v) is 5.85. The van der Waals surface area contributed by atoms with Gasteiger partial charge in [-0.15, -0.1) is 11.3 Å². The SMILES string of the molecule is O=C(Nc1cccc(-c2nccs2)c1)[C@@H]1CCCNC1. The van der Waals surface area contributed by atoms with E-state index in [9.17, 15) is 4.79 Å². The fraction of sp³-hybridized carbons (Fsp3) is 0.333. The van der Waals surface area contributed by atoms with Gasteiger partial charge in [-0.25, -0.2) is 4.98 Å². The largest absolute Gasteiger partial charge is 0.326 e. The number of aromatic nitrogens is 1. The molecule has 0 saturated carbocycles. The number of piperidine rings is 1. The van der Waals surface area contributed by atoms with Crippen molar-refractivity contribution in [2.75, 3.05) is 18.4 Å². The lowest BCUT2D eigenvalue weighted by Crippen LogP contribution is -2.37. The monoisotopic (exact) mass is 287 g/mol. The van der Waals surface area contributed by atoms with E-state index in [4.69, 9.17) is 0 Å². The number of amides is 1. The summed E-state index contributed by atoms with van der Waals surface area (Å²) in [5, 5.41) is 9.20. The highest BCUT2D eigenvalue weighted by molar-refractivity contribution is 7.13. The Balaban J connectivity index is 1.71. The molecule has 0 bridgehead atoms. The van der Waals surface area contributed by atoms with Crippen molar-refractivity contribution in [3.05, 3.63) is 35.8 Å². The van der Waals surface area contributed by atoms with E-state index in [-0.39, 0.29) is 11.8 Å². The van der Waals surface area contributed by atoms with Gasteiger partial charge >= 0.3 is 0 Å². The van der Waals surface area contributed by atoms with E-state index in [1.54, 1.807) is 17.5 Å². The quantitative estimate of drug-likeness (QED) is 0.912. The van der Waals surface area contributed by atoms with Gasteiger partial charge in [0.05, 0.1) is 5.92 Å². The molecule has 1 aliphatic heterocycles. The van der Waals surface area contributed by atoms with Crippen molar-refractivity contribution in [2.45, 2.75) is 12.8 Å². The van der Waals surface area contributed by atoms with Crippen molar-refractivity contribution >= 4 is 22.9 Å². The predicted molar refractivity (Wildman–Crippen MR) is 81.8 cm³/mol. The number of hydrogen-bond acceptors (Lipinski definition) is 4. The zero-order chi connectivity index (χ0) is 13.8. The zero-order valence-corrected chi connectivity index (χ0v) is 12.0. The fourth-order valence-corrected chi connectivity index (χ4v) is 3.05. The second-order valence-electron chi connectivity index (χ2n) is 4.95. The number of hydrogen-bond donors (Lipinski definition) is 2. The number of nitrogens with one attached hydrogen (secondary N) is 2. The van der Waals surface area contributed by atoms with E-state index < -0.39 is 0 Å². The van der Waals surface area contributed by atoms with Crippen LogP contribution in [0.2, 0.25) is 0 Å². The summed E-state index contributed by atoms with van der Waals surface area (Å²) in [5.41, 5.74) is 1.88. The number of benzene rings is 1. The molecule has 1 atom stereocenters. The molecule has 1 aliphatic rings. The number of carbonyl (C=O) groups is 1. The molecule has 1 amide bonds. The first kappa shape index (κ1) is 13.3. The molecule has 20 heavy (non-hydrogen) atoms. The smallest absolute Gasteiger partial charge is 0.228 e. The summed E-state index contributed by atoms with van der Waals surface area (Å²) in [7, 11) is 0. The van der Waals surface area contributed by atoms with Gasteiger partial charge in [-0.1, -0.05) is 12.1 Å². The molecule has 5 heteroatoms. The van der Waals surface area contributed by atoms with Crippen LogP contribution in [0, 0.1) is 5.92 Å². The van der Waals surface area contributed by atoms with E-state index >= 15 is 0 Å². The van der Waals surface area contributed by atoms with Crippen molar-refractivity contribution in [3.8, 4) is 10.6 Å². The molecule has 2 aromatic rings. The summed E-state index contributed by atoms with van der Waals surface area (Å²) in [5.74, 6) is 0.181. The minimum Gasteiger partial charge on any atom is -0.326 e. The molecule has 4 nitrogen and oxygen atoms in total. The molecule has 0 unspecified atom stereocenters. The maximum Gasteiger partial charge on any atom is 0.228 e. The summed E-state index contributed by atoms with van der Waals surface area (Å²) in [6.45, 7) is 1.79. The number of anilines is 1. The molecule has 1 saturated heterocycles. The molecule has 1 fully saturated rings. The number of nitrogens with zero attached hydrogens (tertiary/aromatic N) is 1. The molecule has 104 valence electrons. The van der Waals surface area contributed by atoms with Gasteiger partial charge in [0.15, 0.2) is 0 Å². The van der Waals surface area contributed by atoms with Gasteiger partial charge in [0.1, 0.15) is 5.01 Å². The Kier molecular flexibility index (Phi) is 4.08. The Morgan fingerprint density at radius 2 is 2.40 bits per heavy atom. The molecule has 1 aromatic heterocycles. The first-order chi connectivity index (χ1) is 9.83. The van der Waals surface area contributed by atoms with Crippen LogP contribution in [0.1, 0.15) is 12.8 Å². The van der Waals surface area contributed by atoms with Gasteiger partial charge in [0.25, 0.3) is 0 Å². The van der Waals surface area contributed by atoms with Gasteiger partial charge in [-0.05, 0) is 31.5 Å². The first-order valence-electron chi connectivity index (χ1n) is 6.84. The lowest BCUT2D eigenvalue weighted by molar-refractivity contribution is -0.120. The van der Waals surface area contributed by atoms with E-state index in [1.807, 2.05) is 29.6 Å². The molecular weight excluding hydrogens is 270 g/mol. The highest BCUT2D eigenvalue weighted by Gasteiger charge is 2.20. The summed E-state index contributed by atoms with van der Waals surface area (Å²) in [4.78, 5) is 16.5. The zero-order valence-electron chi connectivity index (χ0n) is 11.1. The van der Waals surface area contributed by atoms with Crippen LogP contribution in [0.3, 0.4) is 0 Å². The van der Waals surface area contributed by atoms with Crippen LogP contribution in [0.15, 0.2) is 35.8 Å². The van der Waals surface area contributed by atoms with E-state index in [2.05, 4.69) is 15.6 Å². The fourth-order valence-electron chi connectivity index (χ4n) is 2.42. The summed E-state index contributed by atoms with van der Waals surface area (Å²) >= 11 is 1.60. The van der Waals surface area contributed by atoms with Crippen molar-refractivity contribution < 1.29 is 4.79 Å². The average molecular weight is 287 g/mol. The molecule has 3 rings (SSSR count). The van der Waals surface area contributed by atoms with Crippen molar-refractivity contribution in [3.63, 3.8) is 0 Å². The van der Waals surface area contributed by atoms with Crippen molar-refractivity contribution in [2.24, 2.45) is 5.92 Å². The van der Waals surface area contributed by atoms with Crippen LogP contribution in [0.5, 0.6) is 0 Å². The van der Waals surface area contributed by atoms with Gasteiger partial charge in [-0.3, -0.25) is 4.79 Å². The topological polar surface area (TPSA) is 54.0 Å². The summed E-state index contributed by atoms with van der Waals surface area (Å²) in [6, 6.07) is 7.86. The normalized spacial score (nSPS) is 18.7. The predicted octanol–water partition coefficient (Wildman–Crippen LogP) is 2.75. The van der Waals surface area contributed by atoms with E-state index in [0.717, 1.165) is 42.2 Å². The van der Waals surface area contributed by atoms with Gasteiger partial charge in [0, 0.05) is 29.4 Å². The molecular formula is C15H17N3OS.